The fourth-order valence-electron chi connectivity index (χ4n) is 1.85. The molecule has 0 saturated heterocycles. The Labute approximate surface area is 160 Å². The van der Waals surface area contributed by atoms with Crippen molar-refractivity contribution in [1.82, 2.24) is 4.98 Å². The Morgan fingerprint density at radius 2 is 1.81 bits per heavy atom. The highest BCUT2D eigenvalue weighted by molar-refractivity contribution is 7.90. The first-order chi connectivity index (χ1) is 12.1. The summed E-state index contributed by atoms with van der Waals surface area (Å²) in [6.07, 6.45) is 1.23. The number of benzene rings is 1. The second kappa shape index (κ2) is 8.03. The Balaban J connectivity index is 2.02. The topological polar surface area (TPSA) is 102 Å². The summed E-state index contributed by atoms with van der Waals surface area (Å²) in [5.41, 5.74) is 0.111. The number of anilines is 1. The van der Waals surface area contributed by atoms with Gasteiger partial charge in [-0.15, -0.1) is 0 Å². The van der Waals surface area contributed by atoms with Crippen molar-refractivity contribution in [3.8, 4) is 0 Å². The number of hydrogen-bond acceptors (Lipinski definition) is 6. The Morgan fingerprint density at radius 3 is 2.35 bits per heavy atom. The van der Waals surface area contributed by atoms with Crippen LogP contribution in [0.2, 0.25) is 10.0 Å². The molecule has 26 heavy (non-hydrogen) atoms. The molecule has 138 valence electrons. The molecule has 0 saturated carbocycles. The standard InChI is InChI=1S/C16H14Cl2N2O5S/c1-9(15(21)20-14-13(18)7-11(17)8-19-14)25-16(22)10-3-5-12(6-4-10)26(2,23)24/h3-9H,1-2H3,(H,19,20,21)/t9-/m1/s1. The van der Waals surface area contributed by atoms with Gasteiger partial charge in [0.15, 0.2) is 21.8 Å². The third kappa shape index (κ3) is 5.17. The van der Waals surface area contributed by atoms with Gasteiger partial charge in [0.25, 0.3) is 5.91 Å². The average molecular weight is 417 g/mol. The van der Waals surface area contributed by atoms with E-state index in [1.165, 1.54) is 43.5 Å². The summed E-state index contributed by atoms with van der Waals surface area (Å²) in [7, 11) is -3.37. The van der Waals surface area contributed by atoms with Crippen molar-refractivity contribution in [2.75, 3.05) is 11.6 Å². The average Bonchev–Trinajstić information content (AvgIpc) is 2.56. The van der Waals surface area contributed by atoms with Crippen molar-refractivity contribution in [1.29, 1.82) is 0 Å². The number of halogens is 2. The van der Waals surface area contributed by atoms with Gasteiger partial charge in [-0.2, -0.15) is 0 Å². The molecule has 1 aromatic heterocycles. The van der Waals surface area contributed by atoms with Gasteiger partial charge in [0.2, 0.25) is 0 Å². The van der Waals surface area contributed by atoms with Crippen LogP contribution in [0.1, 0.15) is 17.3 Å². The van der Waals surface area contributed by atoms with Crippen molar-refractivity contribution >= 4 is 50.7 Å². The third-order valence-corrected chi connectivity index (χ3v) is 4.84. The number of ether oxygens (including phenoxy) is 1. The van der Waals surface area contributed by atoms with Gasteiger partial charge in [-0.3, -0.25) is 4.79 Å². The Kier molecular flexibility index (Phi) is 6.22. The molecule has 1 N–H and O–H groups in total. The van der Waals surface area contributed by atoms with Crippen LogP contribution in [0.15, 0.2) is 41.4 Å². The summed E-state index contributed by atoms with van der Waals surface area (Å²) in [4.78, 5) is 28.1. The van der Waals surface area contributed by atoms with Crippen molar-refractivity contribution in [2.24, 2.45) is 0 Å². The zero-order valence-electron chi connectivity index (χ0n) is 13.7. The molecule has 0 aliphatic heterocycles. The summed E-state index contributed by atoms with van der Waals surface area (Å²) in [6.45, 7) is 1.38. The van der Waals surface area contributed by atoms with E-state index in [1.807, 2.05) is 0 Å². The van der Waals surface area contributed by atoms with E-state index in [9.17, 15) is 18.0 Å². The summed E-state index contributed by atoms with van der Waals surface area (Å²) >= 11 is 11.6. The van der Waals surface area contributed by atoms with E-state index < -0.39 is 27.8 Å². The lowest BCUT2D eigenvalue weighted by atomic mass is 10.2. The number of amides is 1. The van der Waals surface area contributed by atoms with Gasteiger partial charge in [-0.25, -0.2) is 18.2 Å². The first-order valence-electron chi connectivity index (χ1n) is 7.21. The van der Waals surface area contributed by atoms with Gasteiger partial charge < -0.3 is 10.1 Å². The number of hydrogen-bond donors (Lipinski definition) is 1. The van der Waals surface area contributed by atoms with Crippen molar-refractivity contribution in [3.05, 3.63) is 52.1 Å². The highest BCUT2D eigenvalue weighted by Crippen LogP contribution is 2.22. The van der Waals surface area contributed by atoms with Crippen LogP contribution in [-0.2, 0) is 19.4 Å². The maximum atomic E-state index is 12.1. The molecule has 0 aliphatic carbocycles. The minimum absolute atomic E-state index is 0.0725. The normalized spacial score (nSPS) is 12.3. The molecule has 0 spiro atoms. The maximum Gasteiger partial charge on any atom is 0.338 e. The smallest absolute Gasteiger partial charge is 0.338 e. The minimum atomic E-state index is -3.37. The van der Waals surface area contributed by atoms with E-state index in [1.54, 1.807) is 0 Å². The number of carbonyl (C=O) groups excluding carboxylic acids is 2. The quantitative estimate of drug-likeness (QED) is 0.751. The number of nitrogens with zero attached hydrogens (tertiary/aromatic N) is 1. The number of sulfone groups is 1. The van der Waals surface area contributed by atoms with Crippen LogP contribution in [0.25, 0.3) is 0 Å². The molecule has 0 bridgehead atoms. The number of esters is 1. The second-order valence-electron chi connectivity index (χ2n) is 5.32. The lowest BCUT2D eigenvalue weighted by Crippen LogP contribution is -2.30. The monoisotopic (exact) mass is 416 g/mol. The zero-order chi connectivity index (χ0) is 19.5. The van der Waals surface area contributed by atoms with E-state index in [-0.39, 0.29) is 21.3 Å². The fraction of sp³-hybridized carbons (Fsp3) is 0.188. The van der Waals surface area contributed by atoms with Crippen LogP contribution in [0.5, 0.6) is 0 Å². The van der Waals surface area contributed by atoms with Crippen molar-refractivity contribution in [3.63, 3.8) is 0 Å². The summed E-state index contributed by atoms with van der Waals surface area (Å²) < 4.78 is 27.9. The fourth-order valence-corrected chi connectivity index (χ4v) is 2.90. The molecule has 10 heteroatoms. The maximum absolute atomic E-state index is 12.1. The lowest BCUT2D eigenvalue weighted by molar-refractivity contribution is -0.123. The first-order valence-corrected chi connectivity index (χ1v) is 9.85. The summed E-state index contributed by atoms with van der Waals surface area (Å²) in [6, 6.07) is 6.59. The van der Waals surface area contributed by atoms with Gasteiger partial charge in [-0.05, 0) is 37.3 Å². The van der Waals surface area contributed by atoms with Crippen LogP contribution < -0.4 is 5.32 Å². The molecule has 1 aromatic carbocycles. The van der Waals surface area contributed by atoms with Crippen LogP contribution in [0, 0.1) is 0 Å². The molecule has 0 aliphatic rings. The van der Waals surface area contributed by atoms with E-state index in [2.05, 4.69) is 10.3 Å². The molecule has 1 heterocycles. The van der Waals surface area contributed by atoms with Gasteiger partial charge in [0.05, 0.1) is 20.5 Å². The summed E-state index contributed by atoms with van der Waals surface area (Å²) in [5.74, 6) is -1.33. The molecule has 0 fully saturated rings. The third-order valence-electron chi connectivity index (χ3n) is 3.22. The minimum Gasteiger partial charge on any atom is -0.449 e. The molecule has 1 atom stereocenters. The Morgan fingerprint density at radius 1 is 1.19 bits per heavy atom. The molecular formula is C16H14Cl2N2O5S. The number of rotatable bonds is 5. The molecule has 2 rings (SSSR count). The van der Waals surface area contributed by atoms with Crippen molar-refractivity contribution < 1.29 is 22.7 Å². The first kappa shape index (κ1) is 20.2. The molecule has 0 radical (unpaired) electrons. The second-order valence-corrected chi connectivity index (χ2v) is 8.18. The van der Waals surface area contributed by atoms with E-state index in [4.69, 9.17) is 27.9 Å². The number of pyridine rings is 1. The number of carbonyl (C=O) groups is 2. The Bertz CT molecular complexity index is 946. The number of aromatic nitrogens is 1. The Hall–Kier alpha value is -2.16. The molecular weight excluding hydrogens is 403 g/mol. The SMILES string of the molecule is C[C@@H](OC(=O)c1ccc(S(C)(=O)=O)cc1)C(=O)Nc1ncc(Cl)cc1Cl. The zero-order valence-corrected chi connectivity index (χ0v) is 16.0. The predicted molar refractivity (Wildman–Crippen MR) is 97.3 cm³/mol. The van der Waals surface area contributed by atoms with Crippen LogP contribution in [-0.4, -0.2) is 37.6 Å². The molecule has 1 amide bonds. The van der Waals surface area contributed by atoms with Gasteiger partial charge >= 0.3 is 5.97 Å². The van der Waals surface area contributed by atoms with Gasteiger partial charge in [0, 0.05) is 12.5 Å². The van der Waals surface area contributed by atoms with E-state index in [0.29, 0.717) is 5.02 Å². The van der Waals surface area contributed by atoms with Gasteiger partial charge in [-0.1, -0.05) is 23.2 Å². The van der Waals surface area contributed by atoms with Crippen molar-refractivity contribution in [2.45, 2.75) is 17.9 Å². The van der Waals surface area contributed by atoms with Crippen LogP contribution in [0.3, 0.4) is 0 Å². The molecule has 7 nitrogen and oxygen atoms in total. The van der Waals surface area contributed by atoms with Crippen LogP contribution >= 0.6 is 23.2 Å². The number of nitrogens with one attached hydrogen (secondary N) is 1. The molecule has 0 unspecified atom stereocenters. The highest BCUT2D eigenvalue weighted by Gasteiger charge is 2.20. The van der Waals surface area contributed by atoms with Gasteiger partial charge in [0.1, 0.15) is 0 Å². The highest BCUT2D eigenvalue weighted by atomic mass is 35.5. The van der Waals surface area contributed by atoms with E-state index >= 15 is 0 Å². The summed E-state index contributed by atoms with van der Waals surface area (Å²) in [5, 5.41) is 2.88. The lowest BCUT2D eigenvalue weighted by Gasteiger charge is -2.14. The molecule has 2 aromatic rings. The van der Waals surface area contributed by atoms with E-state index in [0.717, 1.165) is 6.26 Å². The van der Waals surface area contributed by atoms with Crippen LogP contribution in [0.4, 0.5) is 5.82 Å². The largest absolute Gasteiger partial charge is 0.449 e. The predicted octanol–water partition coefficient (Wildman–Crippen LogP) is 2.98.